The highest BCUT2D eigenvalue weighted by Gasteiger charge is 2.28. The van der Waals surface area contributed by atoms with Crippen LogP contribution in [0.5, 0.6) is 0 Å². The van der Waals surface area contributed by atoms with Crippen LogP contribution in [0.2, 0.25) is 0 Å². The van der Waals surface area contributed by atoms with Crippen LogP contribution in [-0.4, -0.2) is 30.4 Å². The third-order valence-electron chi connectivity index (χ3n) is 3.05. The van der Waals surface area contributed by atoms with Crippen LogP contribution in [0.1, 0.15) is 40.0 Å². The molecule has 0 unspecified atom stereocenters. The first-order chi connectivity index (χ1) is 7.55. The van der Waals surface area contributed by atoms with Gasteiger partial charge in [-0.3, -0.25) is 9.59 Å². The highest BCUT2D eigenvalue weighted by Crippen LogP contribution is 2.18. The molecule has 0 aromatic carbocycles. The van der Waals surface area contributed by atoms with Crippen LogP contribution < -0.4 is 16.4 Å². The third kappa shape index (κ3) is 4.18. The summed E-state index contributed by atoms with van der Waals surface area (Å²) in [6.07, 6.45) is 2.45. The van der Waals surface area contributed by atoms with E-state index in [0.717, 1.165) is 19.3 Å². The molecule has 2 amide bonds. The first-order valence-electron chi connectivity index (χ1n) is 5.85. The maximum absolute atomic E-state index is 11.6. The molecule has 94 valence electrons. The molecular formula is C11H23N3O2. The zero-order chi connectivity index (χ0) is 12.6. The smallest absolute Gasteiger partial charge is 0.309 e. The molecule has 0 saturated heterocycles. The summed E-state index contributed by atoms with van der Waals surface area (Å²) in [5.74, 6) is -1.18. The molecule has 5 nitrogen and oxygen atoms in total. The molecule has 0 spiro atoms. The second-order valence-corrected chi connectivity index (χ2v) is 3.84. The highest BCUT2D eigenvalue weighted by atomic mass is 16.2. The van der Waals surface area contributed by atoms with E-state index in [2.05, 4.69) is 10.6 Å². The fraction of sp³-hybridized carbons (Fsp3) is 0.818. The van der Waals surface area contributed by atoms with E-state index in [0.29, 0.717) is 13.1 Å². The van der Waals surface area contributed by atoms with Gasteiger partial charge in [0.15, 0.2) is 0 Å². The van der Waals surface area contributed by atoms with Crippen LogP contribution >= 0.6 is 0 Å². The van der Waals surface area contributed by atoms with Crippen LogP contribution in [0, 0.1) is 0 Å². The van der Waals surface area contributed by atoms with Crippen molar-refractivity contribution >= 4 is 11.8 Å². The fourth-order valence-corrected chi connectivity index (χ4v) is 1.58. The molecule has 0 saturated carbocycles. The van der Waals surface area contributed by atoms with Gasteiger partial charge in [0.1, 0.15) is 0 Å². The summed E-state index contributed by atoms with van der Waals surface area (Å²) in [6, 6.07) is 0. The lowest BCUT2D eigenvalue weighted by atomic mass is 9.90. The fourth-order valence-electron chi connectivity index (χ4n) is 1.58. The first-order valence-corrected chi connectivity index (χ1v) is 5.85. The molecular weight excluding hydrogens is 206 g/mol. The predicted octanol–water partition coefficient (Wildman–Crippen LogP) is 0.146. The second-order valence-electron chi connectivity index (χ2n) is 3.84. The Kier molecular flexibility index (Phi) is 6.72. The number of nitrogens with two attached hydrogens (primary N) is 1. The molecule has 0 heterocycles. The number of hydrogen-bond donors (Lipinski definition) is 3. The van der Waals surface area contributed by atoms with Crippen LogP contribution in [0.3, 0.4) is 0 Å². The first kappa shape index (κ1) is 14.9. The van der Waals surface area contributed by atoms with Crippen molar-refractivity contribution in [2.24, 2.45) is 5.73 Å². The van der Waals surface area contributed by atoms with Crippen molar-refractivity contribution in [3.8, 4) is 0 Å². The van der Waals surface area contributed by atoms with Gasteiger partial charge in [-0.15, -0.1) is 0 Å². The van der Waals surface area contributed by atoms with E-state index in [-0.39, 0.29) is 5.54 Å². The number of nitrogens with one attached hydrogen (secondary N) is 2. The van der Waals surface area contributed by atoms with Crippen LogP contribution in [0.25, 0.3) is 0 Å². The van der Waals surface area contributed by atoms with Crippen molar-refractivity contribution in [2.75, 3.05) is 13.1 Å². The van der Waals surface area contributed by atoms with E-state index in [1.165, 1.54) is 0 Å². The van der Waals surface area contributed by atoms with Gasteiger partial charge < -0.3 is 16.4 Å². The minimum absolute atomic E-state index is 0.267. The molecule has 0 atom stereocenters. The molecule has 0 aliphatic carbocycles. The van der Waals surface area contributed by atoms with E-state index in [1.807, 2.05) is 20.8 Å². The molecule has 0 aromatic heterocycles. The van der Waals surface area contributed by atoms with Crippen LogP contribution in [0.15, 0.2) is 0 Å². The Morgan fingerprint density at radius 1 is 1.06 bits per heavy atom. The van der Waals surface area contributed by atoms with Gasteiger partial charge in [-0.25, -0.2) is 0 Å². The van der Waals surface area contributed by atoms with E-state index in [4.69, 9.17) is 5.73 Å². The molecule has 0 aromatic rings. The van der Waals surface area contributed by atoms with E-state index < -0.39 is 11.8 Å². The quantitative estimate of drug-likeness (QED) is 0.567. The molecule has 0 rings (SSSR count). The van der Waals surface area contributed by atoms with Crippen LogP contribution in [-0.2, 0) is 9.59 Å². The molecule has 4 N–H and O–H groups in total. The number of carbonyl (C=O) groups excluding carboxylic acids is 2. The molecule has 0 bridgehead atoms. The third-order valence-corrected chi connectivity index (χ3v) is 3.05. The SMILES string of the molecule is CCC(CC)(CC)NC(=O)C(=O)NCCN. The van der Waals surface area contributed by atoms with Gasteiger partial charge in [-0.05, 0) is 19.3 Å². The van der Waals surface area contributed by atoms with E-state index in [1.54, 1.807) is 0 Å². The monoisotopic (exact) mass is 229 g/mol. The summed E-state index contributed by atoms with van der Waals surface area (Å²) in [7, 11) is 0. The molecule has 16 heavy (non-hydrogen) atoms. The summed E-state index contributed by atoms with van der Waals surface area (Å²) in [5, 5.41) is 5.25. The Morgan fingerprint density at radius 2 is 1.56 bits per heavy atom. The zero-order valence-electron chi connectivity index (χ0n) is 10.4. The average molecular weight is 229 g/mol. The lowest BCUT2D eigenvalue weighted by Crippen LogP contribution is -2.52. The number of amides is 2. The van der Waals surface area contributed by atoms with E-state index in [9.17, 15) is 9.59 Å². The summed E-state index contributed by atoms with van der Waals surface area (Å²) >= 11 is 0. The molecule has 0 radical (unpaired) electrons. The highest BCUT2D eigenvalue weighted by molar-refractivity contribution is 6.35. The maximum Gasteiger partial charge on any atom is 0.309 e. The Morgan fingerprint density at radius 3 is 1.94 bits per heavy atom. The Balaban J connectivity index is 4.34. The largest absolute Gasteiger partial charge is 0.347 e. The predicted molar refractivity (Wildman–Crippen MR) is 63.8 cm³/mol. The Hall–Kier alpha value is -1.10. The van der Waals surface area contributed by atoms with Gasteiger partial charge in [0.05, 0.1) is 0 Å². The van der Waals surface area contributed by atoms with Gasteiger partial charge in [-0.1, -0.05) is 20.8 Å². The van der Waals surface area contributed by atoms with Crippen LogP contribution in [0.4, 0.5) is 0 Å². The standard InChI is InChI=1S/C11H23N3O2/c1-4-11(5-2,6-3)14-10(16)9(15)13-8-7-12/h4-8,12H2,1-3H3,(H,13,15)(H,14,16). The second kappa shape index (κ2) is 7.22. The average Bonchev–Trinajstić information content (AvgIpc) is 2.32. The summed E-state index contributed by atoms with van der Waals surface area (Å²) < 4.78 is 0. The van der Waals surface area contributed by atoms with Crippen molar-refractivity contribution in [3.05, 3.63) is 0 Å². The summed E-state index contributed by atoms with van der Waals surface area (Å²) in [6.45, 7) is 6.67. The van der Waals surface area contributed by atoms with Crippen molar-refractivity contribution in [1.29, 1.82) is 0 Å². The van der Waals surface area contributed by atoms with Crippen molar-refractivity contribution in [2.45, 2.75) is 45.6 Å². The minimum atomic E-state index is -0.606. The van der Waals surface area contributed by atoms with Gasteiger partial charge >= 0.3 is 11.8 Å². The molecule has 0 aliphatic heterocycles. The normalized spacial score (nSPS) is 11.0. The van der Waals surface area contributed by atoms with E-state index >= 15 is 0 Å². The zero-order valence-corrected chi connectivity index (χ0v) is 10.4. The minimum Gasteiger partial charge on any atom is -0.347 e. The molecule has 5 heteroatoms. The summed E-state index contributed by atoms with van der Waals surface area (Å²) in [4.78, 5) is 22.9. The topological polar surface area (TPSA) is 84.2 Å². The van der Waals surface area contributed by atoms with Gasteiger partial charge in [0, 0.05) is 18.6 Å². The Labute approximate surface area is 97.2 Å². The lowest BCUT2D eigenvalue weighted by Gasteiger charge is -2.31. The Bertz CT molecular complexity index is 229. The van der Waals surface area contributed by atoms with Gasteiger partial charge in [0.25, 0.3) is 0 Å². The lowest BCUT2D eigenvalue weighted by molar-refractivity contribution is -0.140. The van der Waals surface area contributed by atoms with Crippen molar-refractivity contribution in [1.82, 2.24) is 10.6 Å². The number of carbonyl (C=O) groups is 2. The van der Waals surface area contributed by atoms with Gasteiger partial charge in [0.2, 0.25) is 0 Å². The van der Waals surface area contributed by atoms with Crippen molar-refractivity contribution < 1.29 is 9.59 Å². The molecule has 0 aliphatic rings. The van der Waals surface area contributed by atoms with Crippen molar-refractivity contribution in [3.63, 3.8) is 0 Å². The summed E-state index contributed by atoms with van der Waals surface area (Å²) in [5.41, 5.74) is 4.97. The van der Waals surface area contributed by atoms with Gasteiger partial charge in [-0.2, -0.15) is 0 Å². The number of hydrogen-bond acceptors (Lipinski definition) is 3. The number of rotatable bonds is 6. The molecule has 0 fully saturated rings. The maximum atomic E-state index is 11.6.